The Morgan fingerprint density at radius 2 is 1.90 bits per heavy atom. The third-order valence-corrected chi connectivity index (χ3v) is 4.86. The molecule has 0 amide bonds. The summed E-state index contributed by atoms with van der Waals surface area (Å²) in [6, 6.07) is 6.43. The highest BCUT2D eigenvalue weighted by atomic mass is 32.2. The second kappa shape index (κ2) is 7.89. The van der Waals surface area contributed by atoms with Crippen LogP contribution in [0.25, 0.3) is 10.4 Å². The van der Waals surface area contributed by atoms with Gasteiger partial charge in [-0.2, -0.15) is 0 Å². The molecular formula is C13H19N3O3S. The molecule has 0 aromatic heterocycles. The number of aliphatic hydroxyl groups excluding tert-OH is 1. The first kappa shape index (κ1) is 16.5. The molecule has 0 aliphatic carbocycles. The zero-order valence-electron chi connectivity index (χ0n) is 11.4. The number of rotatable bonds is 8. The van der Waals surface area contributed by atoms with Crippen molar-refractivity contribution in [2.24, 2.45) is 5.11 Å². The number of aryl methyl sites for hydroxylation is 1. The van der Waals surface area contributed by atoms with Gasteiger partial charge in [-0.1, -0.05) is 29.2 Å². The summed E-state index contributed by atoms with van der Waals surface area (Å²) in [6.07, 6.45) is 2.18. The van der Waals surface area contributed by atoms with E-state index < -0.39 is 15.3 Å². The van der Waals surface area contributed by atoms with E-state index in [4.69, 9.17) is 5.53 Å². The maximum atomic E-state index is 12.1. The van der Waals surface area contributed by atoms with Crippen LogP contribution in [0.5, 0.6) is 0 Å². The fraction of sp³-hybridized carbons (Fsp3) is 0.538. The molecule has 0 spiro atoms. The molecule has 0 fully saturated rings. The van der Waals surface area contributed by atoms with Crippen LogP contribution >= 0.6 is 0 Å². The Morgan fingerprint density at radius 3 is 2.50 bits per heavy atom. The van der Waals surface area contributed by atoms with Crippen molar-refractivity contribution in [2.45, 2.75) is 42.9 Å². The summed E-state index contributed by atoms with van der Waals surface area (Å²) in [5.41, 5.74) is 7.69. The van der Waals surface area contributed by atoms with Gasteiger partial charge in [-0.15, -0.1) is 0 Å². The van der Waals surface area contributed by atoms with Gasteiger partial charge in [-0.3, -0.25) is 0 Å². The molecule has 0 saturated carbocycles. The minimum Gasteiger partial charge on any atom is -0.377 e. The number of sulfone groups is 1. The molecule has 1 aromatic carbocycles. The summed E-state index contributed by atoms with van der Waals surface area (Å²) in [5, 5.41) is 13.2. The molecule has 0 bridgehead atoms. The first-order valence-electron chi connectivity index (χ1n) is 6.48. The molecule has 0 aliphatic rings. The van der Waals surface area contributed by atoms with Crippen molar-refractivity contribution in [1.29, 1.82) is 0 Å². The lowest BCUT2D eigenvalue weighted by molar-refractivity contribution is 0.233. The maximum absolute atomic E-state index is 12.1. The van der Waals surface area contributed by atoms with Gasteiger partial charge >= 0.3 is 0 Å². The van der Waals surface area contributed by atoms with Crippen molar-refractivity contribution in [3.05, 3.63) is 40.3 Å². The van der Waals surface area contributed by atoms with E-state index in [9.17, 15) is 13.5 Å². The van der Waals surface area contributed by atoms with Gasteiger partial charge in [0, 0.05) is 11.5 Å². The summed E-state index contributed by atoms with van der Waals surface area (Å²) in [7, 11) is -3.68. The van der Waals surface area contributed by atoms with E-state index in [0.29, 0.717) is 19.4 Å². The zero-order chi connectivity index (χ0) is 15.0. The number of azide groups is 1. The van der Waals surface area contributed by atoms with Crippen LogP contribution in [-0.2, 0) is 9.84 Å². The lowest BCUT2D eigenvalue weighted by atomic mass is 10.2. The van der Waals surface area contributed by atoms with Crippen LogP contribution in [-0.4, -0.2) is 25.5 Å². The Hall–Kier alpha value is -1.56. The minimum absolute atomic E-state index is 0.143. The molecule has 1 atom stereocenters. The second-order valence-electron chi connectivity index (χ2n) is 4.62. The fourth-order valence-corrected chi connectivity index (χ4v) is 3.07. The predicted octanol–water partition coefficient (Wildman–Crippen LogP) is 2.96. The van der Waals surface area contributed by atoms with Gasteiger partial charge in [0.2, 0.25) is 9.84 Å². The van der Waals surface area contributed by atoms with Crippen LogP contribution in [0.1, 0.15) is 31.2 Å². The minimum atomic E-state index is -3.68. The fourth-order valence-electron chi connectivity index (χ4n) is 1.76. The summed E-state index contributed by atoms with van der Waals surface area (Å²) < 4.78 is 24.2. The van der Waals surface area contributed by atoms with Crippen molar-refractivity contribution >= 4 is 9.84 Å². The van der Waals surface area contributed by atoms with Crippen LogP contribution in [0.15, 0.2) is 34.3 Å². The molecule has 110 valence electrons. The molecule has 1 N–H and O–H groups in total. The van der Waals surface area contributed by atoms with E-state index in [0.717, 1.165) is 12.0 Å². The number of unbranched alkanes of at least 4 members (excludes halogenated alkanes) is 2. The van der Waals surface area contributed by atoms with Crippen LogP contribution in [0.3, 0.4) is 0 Å². The van der Waals surface area contributed by atoms with Gasteiger partial charge in [0.1, 0.15) is 0 Å². The molecule has 1 unspecified atom stereocenters. The smallest absolute Gasteiger partial charge is 0.204 e. The first-order valence-corrected chi connectivity index (χ1v) is 8.02. The van der Waals surface area contributed by atoms with Crippen molar-refractivity contribution in [3.8, 4) is 0 Å². The van der Waals surface area contributed by atoms with Crippen LogP contribution < -0.4 is 0 Å². The summed E-state index contributed by atoms with van der Waals surface area (Å²) in [5.74, 6) is 0. The van der Waals surface area contributed by atoms with Gasteiger partial charge in [-0.25, -0.2) is 8.42 Å². The SMILES string of the molecule is Cc1ccc(S(=O)(=O)C(O)CCCCCN=[N+]=[N-])cc1. The third kappa shape index (κ3) is 4.85. The van der Waals surface area contributed by atoms with E-state index in [1.165, 1.54) is 12.1 Å². The summed E-state index contributed by atoms with van der Waals surface area (Å²) >= 11 is 0. The standard InChI is InChI=1S/C13H19N3O3S/c1-11-6-8-12(9-7-11)20(18,19)13(17)5-3-2-4-10-15-16-14/h6-9,13,17H,2-5,10H2,1H3. The second-order valence-corrected chi connectivity index (χ2v) is 6.72. The zero-order valence-corrected chi connectivity index (χ0v) is 12.3. The number of aliphatic hydroxyl groups is 1. The Labute approximate surface area is 119 Å². The summed E-state index contributed by atoms with van der Waals surface area (Å²) in [6.45, 7) is 2.27. The van der Waals surface area contributed by atoms with Crippen LogP contribution in [0, 0.1) is 6.92 Å². The molecule has 20 heavy (non-hydrogen) atoms. The van der Waals surface area contributed by atoms with Crippen molar-refractivity contribution < 1.29 is 13.5 Å². The van der Waals surface area contributed by atoms with E-state index >= 15 is 0 Å². The molecule has 0 heterocycles. The Balaban J connectivity index is 2.51. The third-order valence-electron chi connectivity index (χ3n) is 2.98. The predicted molar refractivity (Wildman–Crippen MR) is 76.9 cm³/mol. The lowest BCUT2D eigenvalue weighted by Crippen LogP contribution is -2.20. The number of nitrogens with zero attached hydrogens (tertiary/aromatic N) is 3. The van der Waals surface area contributed by atoms with Gasteiger partial charge in [0.15, 0.2) is 5.44 Å². The van der Waals surface area contributed by atoms with E-state index in [1.807, 2.05) is 6.92 Å². The molecule has 1 aromatic rings. The highest BCUT2D eigenvalue weighted by Gasteiger charge is 2.24. The lowest BCUT2D eigenvalue weighted by Gasteiger charge is -2.12. The quantitative estimate of drug-likeness (QED) is 0.345. The molecule has 6 nitrogen and oxygen atoms in total. The maximum Gasteiger partial charge on any atom is 0.204 e. The highest BCUT2D eigenvalue weighted by molar-refractivity contribution is 7.91. The first-order chi connectivity index (χ1) is 9.48. The largest absolute Gasteiger partial charge is 0.377 e. The molecule has 1 rings (SSSR count). The van der Waals surface area contributed by atoms with E-state index in [2.05, 4.69) is 10.0 Å². The van der Waals surface area contributed by atoms with Crippen LogP contribution in [0.4, 0.5) is 0 Å². The van der Waals surface area contributed by atoms with Crippen LogP contribution in [0.2, 0.25) is 0 Å². The van der Waals surface area contributed by atoms with Gasteiger partial charge in [-0.05, 0) is 43.9 Å². The number of hydrogen-bond acceptors (Lipinski definition) is 4. The molecule has 0 radical (unpaired) electrons. The normalized spacial score (nSPS) is 12.7. The van der Waals surface area contributed by atoms with Gasteiger partial charge in [0.25, 0.3) is 0 Å². The Bertz CT molecular complexity index is 563. The molecular weight excluding hydrogens is 278 g/mol. The Kier molecular flexibility index (Phi) is 6.51. The topological polar surface area (TPSA) is 103 Å². The van der Waals surface area contributed by atoms with E-state index in [1.54, 1.807) is 12.1 Å². The molecule has 0 aliphatic heterocycles. The van der Waals surface area contributed by atoms with Crippen molar-refractivity contribution in [2.75, 3.05) is 6.54 Å². The van der Waals surface area contributed by atoms with Gasteiger partial charge in [0.05, 0.1) is 4.90 Å². The van der Waals surface area contributed by atoms with Crippen molar-refractivity contribution in [3.63, 3.8) is 0 Å². The average Bonchev–Trinajstić information content (AvgIpc) is 2.43. The number of benzene rings is 1. The highest BCUT2D eigenvalue weighted by Crippen LogP contribution is 2.19. The molecule has 0 saturated heterocycles. The average molecular weight is 297 g/mol. The number of hydrogen-bond donors (Lipinski definition) is 1. The monoisotopic (exact) mass is 297 g/mol. The van der Waals surface area contributed by atoms with Crippen molar-refractivity contribution in [1.82, 2.24) is 0 Å². The molecule has 7 heteroatoms. The summed E-state index contributed by atoms with van der Waals surface area (Å²) in [4.78, 5) is 2.78. The van der Waals surface area contributed by atoms with Gasteiger partial charge < -0.3 is 5.11 Å². The Morgan fingerprint density at radius 1 is 1.25 bits per heavy atom. The van der Waals surface area contributed by atoms with E-state index in [-0.39, 0.29) is 11.3 Å².